The Labute approximate surface area is 198 Å². The summed E-state index contributed by atoms with van der Waals surface area (Å²) >= 11 is 1.83. The van der Waals surface area contributed by atoms with Crippen LogP contribution < -0.4 is 0 Å². The minimum Gasteiger partial charge on any atom is -0.171 e. The summed E-state index contributed by atoms with van der Waals surface area (Å²) in [4.78, 5) is 2.60. The summed E-state index contributed by atoms with van der Waals surface area (Å²) < 4.78 is 66.5. The summed E-state index contributed by atoms with van der Waals surface area (Å²) in [5.41, 5.74) is 3.21. The van der Waals surface area contributed by atoms with Crippen LogP contribution in [0.25, 0.3) is 0 Å². The Hall–Kier alpha value is -1.28. The van der Waals surface area contributed by atoms with Crippen molar-refractivity contribution in [2.24, 2.45) is 0 Å². The van der Waals surface area contributed by atoms with E-state index in [-0.39, 0.29) is 24.3 Å². The smallest absolute Gasteiger partial charge is 0.171 e. The third-order valence-electron chi connectivity index (χ3n) is 4.37. The molecule has 32 heavy (non-hydrogen) atoms. The van der Waals surface area contributed by atoms with Gasteiger partial charge in [0.15, 0.2) is 0 Å². The van der Waals surface area contributed by atoms with Gasteiger partial charge in [-0.05, 0) is 46.2 Å². The normalized spacial score (nSPS) is 12.5. The number of rotatable bonds is 3. The van der Waals surface area contributed by atoms with E-state index in [2.05, 4.69) is 90.1 Å². The first-order valence-corrected chi connectivity index (χ1v) is 10.7. The summed E-state index contributed by atoms with van der Waals surface area (Å²) in [7, 11) is 0. The highest BCUT2D eigenvalue weighted by Crippen LogP contribution is 2.32. The van der Waals surface area contributed by atoms with E-state index < -0.39 is 25.2 Å². The van der Waals surface area contributed by atoms with Gasteiger partial charge in [0.25, 0.3) is 0 Å². The zero-order valence-electron chi connectivity index (χ0n) is 19.3. The van der Waals surface area contributed by atoms with Gasteiger partial charge in [-0.2, -0.15) is 26.3 Å². The van der Waals surface area contributed by atoms with Crippen LogP contribution in [0.3, 0.4) is 0 Å². The van der Waals surface area contributed by atoms with E-state index >= 15 is 0 Å². The summed E-state index contributed by atoms with van der Waals surface area (Å²) in [6, 6.07) is 17.9. The molecule has 0 fully saturated rings. The van der Waals surface area contributed by atoms with Gasteiger partial charge in [-0.25, -0.2) is 0 Å². The Balaban J connectivity index is 0.000000747. The molecule has 2 aromatic rings. The van der Waals surface area contributed by atoms with Crippen LogP contribution in [0.5, 0.6) is 0 Å². The van der Waals surface area contributed by atoms with Crippen molar-refractivity contribution in [2.75, 3.05) is 0 Å². The maximum atomic E-state index is 11.1. The van der Waals surface area contributed by atoms with Crippen molar-refractivity contribution < 1.29 is 26.3 Å². The summed E-state index contributed by atoms with van der Waals surface area (Å²) in [6.45, 7) is 13.5. The maximum Gasteiger partial charge on any atom is 0.389 e. The third kappa shape index (κ3) is 12.7. The molecule has 0 amide bonds. The predicted octanol–water partition coefficient (Wildman–Crippen LogP) is 8.52. The topological polar surface area (TPSA) is 0 Å². The van der Waals surface area contributed by atoms with Crippen LogP contribution in [0.1, 0.15) is 65.5 Å². The van der Waals surface area contributed by atoms with Crippen LogP contribution in [-0.2, 0) is 24.3 Å². The Morgan fingerprint density at radius 3 is 0.969 bits per heavy atom. The van der Waals surface area contributed by atoms with E-state index in [0.29, 0.717) is 0 Å². The fourth-order valence-electron chi connectivity index (χ4n) is 2.47. The van der Waals surface area contributed by atoms with Gasteiger partial charge in [-0.3, -0.25) is 0 Å². The van der Waals surface area contributed by atoms with Crippen LogP contribution in [-0.4, -0.2) is 12.4 Å². The standard InChI is InChI=1S/C20H26S.C4H4F6.H2S/c1-19(2,3)15-7-11-17(12-8-15)21-18-13-9-16(10-14-18)20(4,5)6;5-3(6,7)1-2-4(8,9)10;/h7-14H,1-6H3;1-2H2;1H2/p+1. The Bertz CT molecular complexity index is 724. The molecule has 0 N–H and O–H groups in total. The lowest BCUT2D eigenvalue weighted by Gasteiger charge is -2.19. The van der Waals surface area contributed by atoms with E-state index in [9.17, 15) is 26.3 Å². The van der Waals surface area contributed by atoms with Crippen molar-refractivity contribution in [1.82, 2.24) is 0 Å². The van der Waals surface area contributed by atoms with Crippen LogP contribution in [0.2, 0.25) is 0 Å². The van der Waals surface area contributed by atoms with E-state index in [1.807, 2.05) is 11.8 Å². The number of hydrogen-bond donors (Lipinski definition) is 0. The highest BCUT2D eigenvalue weighted by molar-refractivity contribution is 7.99. The Kier molecular flexibility index (Phi) is 11.3. The first kappa shape index (κ1) is 30.7. The van der Waals surface area contributed by atoms with E-state index in [0.717, 1.165) is 0 Å². The monoisotopic (exact) mass is 499 g/mol. The molecule has 0 unspecified atom stereocenters. The Morgan fingerprint density at radius 1 is 0.531 bits per heavy atom. The van der Waals surface area contributed by atoms with Gasteiger partial charge in [0.2, 0.25) is 0 Å². The highest BCUT2D eigenvalue weighted by atomic mass is 32.2. The fraction of sp³-hybridized carbons (Fsp3) is 0.500. The summed E-state index contributed by atoms with van der Waals surface area (Å²) in [5, 5.41) is 0. The third-order valence-corrected chi connectivity index (χ3v) is 5.38. The van der Waals surface area contributed by atoms with Crippen LogP contribution in [0, 0.1) is 0 Å². The van der Waals surface area contributed by atoms with Gasteiger partial charge >= 0.3 is 12.4 Å². The predicted molar refractivity (Wildman–Crippen MR) is 127 cm³/mol. The minimum atomic E-state index is -4.71. The van der Waals surface area contributed by atoms with Gasteiger partial charge < -0.3 is 0 Å². The molecule has 0 atom stereocenters. The van der Waals surface area contributed by atoms with Gasteiger partial charge in [-0.1, -0.05) is 91.1 Å². The molecule has 8 heteroatoms. The van der Waals surface area contributed by atoms with Crippen molar-refractivity contribution in [3.63, 3.8) is 0 Å². The first-order chi connectivity index (χ1) is 13.9. The second-order valence-electron chi connectivity index (χ2n) is 9.38. The number of hydrogen-bond acceptors (Lipinski definition) is 1. The fourth-order valence-corrected chi connectivity index (χ4v) is 3.28. The molecule has 0 saturated carbocycles. The zero-order chi connectivity index (χ0) is 24.1. The van der Waals surface area contributed by atoms with Crippen molar-refractivity contribution in [3.8, 4) is 0 Å². The van der Waals surface area contributed by atoms with Crippen LogP contribution in [0.4, 0.5) is 26.3 Å². The van der Waals surface area contributed by atoms with Gasteiger partial charge in [0.1, 0.15) is 0 Å². The quantitative estimate of drug-likeness (QED) is 0.301. The molecule has 182 valence electrons. The zero-order valence-corrected chi connectivity index (χ0v) is 21.3. The van der Waals surface area contributed by atoms with Crippen molar-refractivity contribution >= 4 is 25.3 Å². The molecule has 0 saturated heterocycles. The molecule has 0 aromatic heterocycles. The second kappa shape index (κ2) is 11.7. The molecule has 2 rings (SSSR count). The molecule has 0 aliphatic rings. The van der Waals surface area contributed by atoms with Gasteiger partial charge in [0, 0.05) is 9.79 Å². The molecule has 0 radical (unpaired) electrons. The average Bonchev–Trinajstić information content (AvgIpc) is 2.59. The van der Waals surface area contributed by atoms with Gasteiger partial charge in [0.05, 0.1) is 12.8 Å². The van der Waals surface area contributed by atoms with E-state index in [1.165, 1.54) is 20.9 Å². The Morgan fingerprint density at radius 2 is 0.781 bits per heavy atom. The lowest BCUT2D eigenvalue weighted by atomic mass is 9.87. The molecule has 0 bridgehead atoms. The molecular weight excluding hydrogens is 466 g/mol. The molecule has 2 aromatic carbocycles. The van der Waals surface area contributed by atoms with E-state index in [4.69, 9.17) is 0 Å². The van der Waals surface area contributed by atoms with Crippen molar-refractivity contribution in [3.05, 3.63) is 59.7 Å². The molecule has 0 aliphatic heterocycles. The summed E-state index contributed by atoms with van der Waals surface area (Å²) in [6.07, 6.45) is -13.0. The molecule has 0 nitrogen and oxygen atoms in total. The van der Waals surface area contributed by atoms with E-state index in [1.54, 1.807) is 0 Å². The second-order valence-corrected chi connectivity index (χ2v) is 10.5. The van der Waals surface area contributed by atoms with Crippen molar-refractivity contribution in [1.29, 1.82) is 0 Å². The number of benzene rings is 2. The molecule has 0 aliphatic carbocycles. The maximum absolute atomic E-state index is 11.1. The van der Waals surface area contributed by atoms with Crippen molar-refractivity contribution in [2.45, 2.75) is 87.4 Å². The van der Waals surface area contributed by atoms with Gasteiger partial charge in [-0.15, -0.1) is 0 Å². The largest absolute Gasteiger partial charge is 0.389 e. The molecule has 0 heterocycles. The number of halogens is 6. The highest BCUT2D eigenvalue weighted by Gasteiger charge is 2.36. The average molecular weight is 500 g/mol. The summed E-state index contributed by atoms with van der Waals surface area (Å²) in [5.74, 6) is 0. The lowest BCUT2D eigenvalue weighted by molar-refractivity contribution is -0.183. The molecule has 0 spiro atoms. The molecular formula is C24H33F6S2+. The minimum absolute atomic E-state index is 0. The lowest BCUT2D eigenvalue weighted by Crippen LogP contribution is -2.15. The van der Waals surface area contributed by atoms with Crippen LogP contribution >= 0.6 is 11.8 Å². The number of alkyl halides is 6. The first-order valence-electron chi connectivity index (χ1n) is 9.89. The van der Waals surface area contributed by atoms with Crippen LogP contribution in [0.15, 0.2) is 58.3 Å². The SMILES string of the molecule is CC(C)(C)c1ccc(Sc2ccc(C(C)(C)C)cc2)cc1.FC(F)(F)CCC(F)(F)F.[SH3+].